The van der Waals surface area contributed by atoms with Gasteiger partial charge in [0.05, 0.1) is 4.90 Å². The van der Waals surface area contributed by atoms with E-state index in [1.54, 1.807) is 25.1 Å². The highest BCUT2D eigenvalue weighted by atomic mass is 32.2. The maximum absolute atomic E-state index is 10.6. The van der Waals surface area contributed by atoms with Crippen LogP contribution in [0.4, 0.5) is 0 Å². The molecule has 102 valence electrons. The Balaban J connectivity index is -0.000000285. The van der Waals surface area contributed by atoms with Crippen LogP contribution in [0.15, 0.2) is 29.2 Å². The second kappa shape index (κ2) is 13.2. The molecule has 1 aromatic rings. The first-order valence-electron chi connectivity index (χ1n) is 6.05. The average molecular weight is 262 g/mol. The van der Waals surface area contributed by atoms with Crippen LogP contribution < -0.4 is 0 Å². The molecule has 0 atom stereocenters. The minimum atomic E-state index is -4.03. The number of rotatable bonds is 1. The standard InChI is InChI=1S/C7H8O3S.3C2H6/c1-6-4-2-3-5-7(6)11(8,9)10;3*1-2/h2-5H,1H3,(H,8,9,10);3*1-2H3. The van der Waals surface area contributed by atoms with E-state index in [1.165, 1.54) is 6.07 Å². The molecule has 0 radical (unpaired) electrons. The van der Waals surface area contributed by atoms with Crippen LogP contribution in [-0.4, -0.2) is 13.0 Å². The van der Waals surface area contributed by atoms with Crippen LogP contribution in [0.25, 0.3) is 0 Å². The van der Waals surface area contributed by atoms with Crippen molar-refractivity contribution >= 4 is 10.1 Å². The summed E-state index contributed by atoms with van der Waals surface area (Å²) in [7, 11) is -4.03. The number of hydrogen-bond acceptors (Lipinski definition) is 2. The Labute approximate surface area is 107 Å². The molecule has 0 saturated carbocycles. The van der Waals surface area contributed by atoms with Crippen LogP contribution in [0, 0.1) is 6.92 Å². The maximum atomic E-state index is 10.6. The number of hydrogen-bond donors (Lipinski definition) is 1. The predicted octanol–water partition coefficient (Wildman–Crippen LogP) is 4.32. The van der Waals surface area contributed by atoms with E-state index in [0.717, 1.165) is 0 Å². The number of aryl methyl sites for hydroxylation is 1. The van der Waals surface area contributed by atoms with Gasteiger partial charge in [-0.1, -0.05) is 59.7 Å². The maximum Gasteiger partial charge on any atom is 0.294 e. The fourth-order valence-electron chi connectivity index (χ4n) is 0.846. The Kier molecular flexibility index (Phi) is 16.6. The van der Waals surface area contributed by atoms with Crippen LogP contribution in [0.5, 0.6) is 0 Å². The molecule has 1 aromatic carbocycles. The first kappa shape index (κ1) is 21.4. The lowest BCUT2D eigenvalue weighted by molar-refractivity contribution is 0.482. The third-order valence-corrected chi connectivity index (χ3v) is 2.39. The van der Waals surface area contributed by atoms with E-state index >= 15 is 0 Å². The Hall–Kier alpha value is -0.870. The van der Waals surface area contributed by atoms with E-state index in [1.807, 2.05) is 41.5 Å². The molecule has 0 aliphatic heterocycles. The van der Waals surface area contributed by atoms with Crippen molar-refractivity contribution in [3.63, 3.8) is 0 Å². The SMILES string of the molecule is CC.CC.CC.Cc1ccccc1S(=O)(=O)O. The Morgan fingerprint density at radius 3 is 1.47 bits per heavy atom. The highest BCUT2D eigenvalue weighted by Crippen LogP contribution is 2.12. The molecule has 1 N–H and O–H groups in total. The van der Waals surface area contributed by atoms with E-state index in [9.17, 15) is 8.42 Å². The Morgan fingerprint density at radius 2 is 1.24 bits per heavy atom. The Morgan fingerprint density at radius 1 is 0.882 bits per heavy atom. The van der Waals surface area contributed by atoms with E-state index in [4.69, 9.17) is 4.55 Å². The summed E-state index contributed by atoms with van der Waals surface area (Å²) >= 11 is 0. The van der Waals surface area contributed by atoms with Crippen molar-refractivity contribution in [3.05, 3.63) is 29.8 Å². The second-order valence-electron chi connectivity index (χ2n) is 2.24. The highest BCUT2D eigenvalue weighted by molar-refractivity contribution is 7.85. The summed E-state index contributed by atoms with van der Waals surface area (Å²) in [5, 5.41) is 0. The van der Waals surface area contributed by atoms with Gasteiger partial charge in [0.2, 0.25) is 0 Å². The quantitative estimate of drug-likeness (QED) is 0.767. The molecule has 0 bridgehead atoms. The third kappa shape index (κ3) is 10.0. The zero-order chi connectivity index (χ0) is 14.5. The van der Waals surface area contributed by atoms with E-state index in [2.05, 4.69) is 0 Å². The van der Waals surface area contributed by atoms with Gasteiger partial charge in [0, 0.05) is 0 Å². The summed E-state index contributed by atoms with van der Waals surface area (Å²) < 4.78 is 29.9. The lowest BCUT2D eigenvalue weighted by Gasteiger charge is -1.99. The highest BCUT2D eigenvalue weighted by Gasteiger charge is 2.10. The molecular formula is C13H26O3S. The molecule has 0 aliphatic carbocycles. The summed E-state index contributed by atoms with van der Waals surface area (Å²) in [6.45, 7) is 13.6. The van der Waals surface area contributed by atoms with Crippen LogP contribution in [0.1, 0.15) is 47.1 Å². The summed E-state index contributed by atoms with van der Waals surface area (Å²) in [5.41, 5.74) is 0.551. The van der Waals surface area contributed by atoms with Crippen LogP contribution in [0.3, 0.4) is 0 Å². The van der Waals surface area contributed by atoms with E-state index < -0.39 is 10.1 Å². The van der Waals surface area contributed by atoms with Crippen LogP contribution in [0.2, 0.25) is 0 Å². The van der Waals surface area contributed by atoms with Crippen molar-refractivity contribution in [1.82, 2.24) is 0 Å². The van der Waals surface area contributed by atoms with Gasteiger partial charge in [-0.05, 0) is 18.6 Å². The molecule has 0 amide bonds. The molecule has 0 aromatic heterocycles. The lowest BCUT2D eigenvalue weighted by atomic mass is 10.2. The molecule has 1 rings (SSSR count). The third-order valence-electron chi connectivity index (χ3n) is 1.37. The van der Waals surface area contributed by atoms with Crippen molar-refractivity contribution in [2.24, 2.45) is 0 Å². The summed E-state index contributed by atoms with van der Waals surface area (Å²) in [4.78, 5) is -0.0278. The van der Waals surface area contributed by atoms with Crippen LogP contribution >= 0.6 is 0 Å². The van der Waals surface area contributed by atoms with E-state index in [0.29, 0.717) is 5.56 Å². The topological polar surface area (TPSA) is 54.4 Å². The monoisotopic (exact) mass is 262 g/mol. The van der Waals surface area contributed by atoms with Gasteiger partial charge in [0.15, 0.2) is 0 Å². The molecule has 4 heteroatoms. The minimum absolute atomic E-state index is 0.0278. The van der Waals surface area contributed by atoms with Crippen molar-refractivity contribution in [2.75, 3.05) is 0 Å². The molecule has 0 saturated heterocycles. The summed E-state index contributed by atoms with van der Waals surface area (Å²) in [6.07, 6.45) is 0. The first-order chi connectivity index (χ1) is 8.02. The molecule has 0 heterocycles. The van der Waals surface area contributed by atoms with Gasteiger partial charge in [-0.15, -0.1) is 0 Å². The van der Waals surface area contributed by atoms with Gasteiger partial charge in [0.1, 0.15) is 0 Å². The molecule has 0 unspecified atom stereocenters. The fraction of sp³-hybridized carbons (Fsp3) is 0.538. The normalized spacial score (nSPS) is 8.47. The van der Waals surface area contributed by atoms with Gasteiger partial charge < -0.3 is 0 Å². The zero-order valence-corrected chi connectivity index (χ0v) is 12.8. The number of benzene rings is 1. The minimum Gasteiger partial charge on any atom is -0.282 e. The van der Waals surface area contributed by atoms with Gasteiger partial charge in [-0.2, -0.15) is 8.42 Å². The molecule has 3 nitrogen and oxygen atoms in total. The summed E-state index contributed by atoms with van der Waals surface area (Å²) in [5.74, 6) is 0. The van der Waals surface area contributed by atoms with Crippen molar-refractivity contribution in [2.45, 2.75) is 53.4 Å². The summed E-state index contributed by atoms with van der Waals surface area (Å²) in [6, 6.07) is 6.27. The first-order valence-corrected chi connectivity index (χ1v) is 7.49. The Bertz CT molecular complexity index is 357. The fourth-order valence-corrected chi connectivity index (χ4v) is 1.57. The molecule has 0 spiro atoms. The molecular weight excluding hydrogens is 236 g/mol. The average Bonchev–Trinajstić information content (AvgIpc) is 2.36. The predicted molar refractivity (Wildman–Crippen MR) is 75.0 cm³/mol. The van der Waals surface area contributed by atoms with E-state index in [-0.39, 0.29) is 4.90 Å². The van der Waals surface area contributed by atoms with Gasteiger partial charge >= 0.3 is 0 Å². The molecule has 17 heavy (non-hydrogen) atoms. The zero-order valence-electron chi connectivity index (χ0n) is 12.0. The van der Waals surface area contributed by atoms with Crippen molar-refractivity contribution in [3.8, 4) is 0 Å². The van der Waals surface area contributed by atoms with Gasteiger partial charge in [0.25, 0.3) is 10.1 Å². The molecule has 0 fully saturated rings. The van der Waals surface area contributed by atoms with Gasteiger partial charge in [-0.25, -0.2) is 0 Å². The molecule has 0 aliphatic rings. The smallest absolute Gasteiger partial charge is 0.282 e. The largest absolute Gasteiger partial charge is 0.294 e. The van der Waals surface area contributed by atoms with Crippen molar-refractivity contribution in [1.29, 1.82) is 0 Å². The van der Waals surface area contributed by atoms with Gasteiger partial charge in [-0.3, -0.25) is 4.55 Å². The second-order valence-corrected chi connectivity index (χ2v) is 3.63. The van der Waals surface area contributed by atoms with Crippen molar-refractivity contribution < 1.29 is 13.0 Å². The van der Waals surface area contributed by atoms with Crippen LogP contribution in [-0.2, 0) is 10.1 Å². The lowest BCUT2D eigenvalue weighted by Crippen LogP contribution is -1.99.